The lowest BCUT2D eigenvalue weighted by Gasteiger charge is -2.17. The van der Waals surface area contributed by atoms with Gasteiger partial charge in [0.1, 0.15) is 0 Å². The van der Waals surface area contributed by atoms with E-state index >= 15 is 0 Å². The zero-order valence-electron chi connectivity index (χ0n) is 11.9. The molecule has 0 radical (unpaired) electrons. The van der Waals surface area contributed by atoms with Crippen molar-refractivity contribution >= 4 is 28.6 Å². The van der Waals surface area contributed by atoms with E-state index in [-0.39, 0.29) is 0 Å². The molecule has 1 aromatic heterocycles. The van der Waals surface area contributed by atoms with Crippen molar-refractivity contribution in [3.8, 4) is 0 Å². The second kappa shape index (κ2) is 6.15. The molecular weight excluding hydrogens is 296 g/mol. The molecule has 5 heteroatoms. The zero-order chi connectivity index (χ0) is 15.5. The fourth-order valence-corrected chi connectivity index (χ4v) is 3.19. The predicted molar refractivity (Wildman–Crippen MR) is 84.3 cm³/mol. The molecule has 1 heterocycles. The summed E-state index contributed by atoms with van der Waals surface area (Å²) in [7, 11) is 0. The summed E-state index contributed by atoms with van der Waals surface area (Å²) >= 11 is 1.09. The van der Waals surface area contributed by atoms with E-state index in [9.17, 15) is 9.90 Å². The zero-order valence-corrected chi connectivity index (χ0v) is 12.7. The lowest BCUT2D eigenvalue weighted by molar-refractivity contribution is -0.305. The summed E-state index contributed by atoms with van der Waals surface area (Å²) in [6.07, 6.45) is 0. The smallest absolute Gasteiger partial charge is 0.189 e. The van der Waals surface area contributed by atoms with E-state index in [1.165, 1.54) is 0 Å². The fourth-order valence-electron chi connectivity index (χ4n) is 2.25. The van der Waals surface area contributed by atoms with E-state index in [0.717, 1.165) is 28.4 Å². The second-order valence-corrected chi connectivity index (χ2v) is 5.91. The van der Waals surface area contributed by atoms with Gasteiger partial charge in [-0.2, -0.15) is 0 Å². The number of nitrogens with zero attached hydrogens (tertiary/aromatic N) is 2. The van der Waals surface area contributed by atoms with Crippen LogP contribution in [0.5, 0.6) is 0 Å². The molecule has 0 fully saturated rings. The molecule has 0 N–H and O–H groups in total. The standard InChI is InChI=1S/C17H14N2O2S/c1-11-13-9-5-6-10-14(13)19-17(18-11)22-15(16(20)21)12-7-3-2-4-8-12/h2-10,15H,1H3,(H,20,21)/p-1/t15-/m1/s1. The highest BCUT2D eigenvalue weighted by atomic mass is 32.2. The SMILES string of the molecule is Cc1nc(S[C@@H](C(=O)[O-])c2ccccc2)nc2ccccc12. The van der Waals surface area contributed by atoms with Gasteiger partial charge < -0.3 is 9.90 Å². The van der Waals surface area contributed by atoms with Gasteiger partial charge in [0, 0.05) is 11.1 Å². The van der Waals surface area contributed by atoms with Gasteiger partial charge >= 0.3 is 0 Å². The number of hydrogen-bond acceptors (Lipinski definition) is 5. The third-order valence-electron chi connectivity index (χ3n) is 3.31. The van der Waals surface area contributed by atoms with Crippen LogP contribution in [0.3, 0.4) is 0 Å². The number of aromatic nitrogens is 2. The van der Waals surface area contributed by atoms with Crippen LogP contribution < -0.4 is 5.11 Å². The number of carboxylic acid groups (broad SMARTS) is 1. The first-order valence-corrected chi connectivity index (χ1v) is 7.69. The van der Waals surface area contributed by atoms with Gasteiger partial charge in [-0.1, -0.05) is 60.3 Å². The minimum Gasteiger partial charge on any atom is -0.549 e. The number of carbonyl (C=O) groups is 1. The van der Waals surface area contributed by atoms with Gasteiger partial charge in [-0.3, -0.25) is 0 Å². The summed E-state index contributed by atoms with van der Waals surface area (Å²) in [5.74, 6) is -1.15. The van der Waals surface area contributed by atoms with Crippen LogP contribution in [-0.4, -0.2) is 15.9 Å². The summed E-state index contributed by atoms with van der Waals surface area (Å²) in [5, 5.41) is 12.0. The predicted octanol–water partition coefficient (Wildman–Crippen LogP) is 2.52. The molecule has 0 amide bonds. The van der Waals surface area contributed by atoms with Gasteiger partial charge in [0.15, 0.2) is 5.16 Å². The highest BCUT2D eigenvalue weighted by molar-refractivity contribution is 8.00. The van der Waals surface area contributed by atoms with Crippen molar-refractivity contribution < 1.29 is 9.90 Å². The first-order valence-electron chi connectivity index (χ1n) is 6.81. The maximum absolute atomic E-state index is 11.5. The lowest BCUT2D eigenvalue weighted by atomic mass is 10.1. The highest BCUT2D eigenvalue weighted by Gasteiger charge is 2.17. The second-order valence-electron chi connectivity index (χ2n) is 4.84. The third kappa shape index (κ3) is 2.94. The number of rotatable bonds is 4. The highest BCUT2D eigenvalue weighted by Crippen LogP contribution is 2.33. The summed E-state index contributed by atoms with van der Waals surface area (Å²) < 4.78 is 0. The minimum atomic E-state index is -1.15. The fraction of sp³-hybridized carbons (Fsp3) is 0.118. The van der Waals surface area contributed by atoms with Crippen LogP contribution >= 0.6 is 11.8 Å². The van der Waals surface area contributed by atoms with Crippen LogP contribution in [-0.2, 0) is 4.79 Å². The van der Waals surface area contributed by atoms with Crippen LogP contribution in [0.25, 0.3) is 10.9 Å². The average Bonchev–Trinajstić information content (AvgIpc) is 2.53. The van der Waals surface area contributed by atoms with Crippen LogP contribution in [0.2, 0.25) is 0 Å². The third-order valence-corrected chi connectivity index (χ3v) is 4.41. The Kier molecular flexibility index (Phi) is 4.06. The van der Waals surface area contributed by atoms with Crippen LogP contribution in [0.1, 0.15) is 16.5 Å². The van der Waals surface area contributed by atoms with Crippen molar-refractivity contribution in [3.05, 3.63) is 65.9 Å². The average molecular weight is 309 g/mol. The normalized spacial score (nSPS) is 12.2. The number of carboxylic acids is 1. The molecule has 22 heavy (non-hydrogen) atoms. The number of aliphatic carboxylic acids is 1. The van der Waals surface area contributed by atoms with Gasteiger partial charge in [-0.25, -0.2) is 9.97 Å². The number of fused-ring (bicyclic) bond motifs is 1. The van der Waals surface area contributed by atoms with Crippen molar-refractivity contribution in [2.24, 2.45) is 0 Å². The molecular formula is C17H13N2O2S-. The van der Waals surface area contributed by atoms with E-state index < -0.39 is 11.2 Å². The Labute approximate surface area is 132 Å². The molecule has 3 aromatic rings. The van der Waals surface area contributed by atoms with Crippen LogP contribution in [0, 0.1) is 6.92 Å². The topological polar surface area (TPSA) is 65.9 Å². The van der Waals surface area contributed by atoms with E-state index in [1.54, 1.807) is 24.3 Å². The molecule has 0 bridgehead atoms. The molecule has 0 aliphatic rings. The summed E-state index contributed by atoms with van der Waals surface area (Å²) in [6, 6.07) is 16.7. The maximum Gasteiger partial charge on any atom is 0.189 e. The maximum atomic E-state index is 11.5. The van der Waals surface area contributed by atoms with Gasteiger partial charge in [0.05, 0.1) is 16.7 Å². The number of para-hydroxylation sites is 1. The van der Waals surface area contributed by atoms with E-state index in [4.69, 9.17) is 0 Å². The Balaban J connectivity index is 1.98. The number of carbonyl (C=O) groups excluding carboxylic acids is 1. The molecule has 1 atom stereocenters. The monoisotopic (exact) mass is 309 g/mol. The van der Waals surface area contributed by atoms with Crippen molar-refractivity contribution in [1.29, 1.82) is 0 Å². The molecule has 2 aromatic carbocycles. The Morgan fingerprint density at radius 3 is 2.45 bits per heavy atom. The van der Waals surface area contributed by atoms with Gasteiger partial charge in [-0.05, 0) is 18.6 Å². The van der Waals surface area contributed by atoms with E-state index in [2.05, 4.69) is 9.97 Å². The number of hydrogen-bond donors (Lipinski definition) is 0. The quantitative estimate of drug-likeness (QED) is 0.547. The molecule has 0 unspecified atom stereocenters. The van der Waals surface area contributed by atoms with Gasteiger partial charge in [0.2, 0.25) is 0 Å². The Morgan fingerprint density at radius 2 is 1.73 bits per heavy atom. The van der Waals surface area contributed by atoms with Crippen molar-refractivity contribution in [3.63, 3.8) is 0 Å². The molecule has 4 nitrogen and oxygen atoms in total. The lowest BCUT2D eigenvalue weighted by Crippen LogP contribution is -2.28. The summed E-state index contributed by atoms with van der Waals surface area (Å²) in [4.78, 5) is 20.3. The van der Waals surface area contributed by atoms with Crippen LogP contribution in [0.15, 0.2) is 59.8 Å². The van der Waals surface area contributed by atoms with Crippen LogP contribution in [0.4, 0.5) is 0 Å². The Morgan fingerprint density at radius 1 is 1.05 bits per heavy atom. The van der Waals surface area contributed by atoms with Crippen molar-refractivity contribution in [1.82, 2.24) is 9.97 Å². The van der Waals surface area contributed by atoms with Gasteiger partial charge in [-0.15, -0.1) is 0 Å². The molecule has 0 saturated heterocycles. The molecule has 0 saturated carbocycles. The Bertz CT molecular complexity index is 821. The largest absolute Gasteiger partial charge is 0.549 e. The number of aryl methyl sites for hydroxylation is 1. The molecule has 0 spiro atoms. The summed E-state index contributed by atoms with van der Waals surface area (Å²) in [6.45, 7) is 1.89. The Hall–Kier alpha value is -2.40. The van der Waals surface area contributed by atoms with Crippen molar-refractivity contribution in [2.45, 2.75) is 17.3 Å². The van der Waals surface area contributed by atoms with Gasteiger partial charge in [0.25, 0.3) is 0 Å². The molecule has 0 aliphatic heterocycles. The minimum absolute atomic E-state index is 0.439. The molecule has 3 rings (SSSR count). The van der Waals surface area contributed by atoms with E-state index in [0.29, 0.717) is 10.7 Å². The molecule has 0 aliphatic carbocycles. The first-order chi connectivity index (χ1) is 10.6. The number of benzene rings is 2. The number of thioether (sulfide) groups is 1. The first kappa shape index (κ1) is 14.5. The van der Waals surface area contributed by atoms with E-state index in [1.807, 2.05) is 37.3 Å². The van der Waals surface area contributed by atoms with Crippen molar-refractivity contribution in [2.75, 3.05) is 0 Å². The summed E-state index contributed by atoms with van der Waals surface area (Å²) in [5.41, 5.74) is 2.31. The molecule has 110 valence electrons.